The number of amides is 1. The first-order chi connectivity index (χ1) is 18.0. The quantitative estimate of drug-likeness (QED) is 0.186. The molecule has 2 heterocycles. The number of ether oxygens (including phenoxy) is 1. The molecule has 0 bridgehead atoms. The summed E-state index contributed by atoms with van der Waals surface area (Å²) in [6.07, 6.45) is 4.25. The maximum absolute atomic E-state index is 12.7. The Morgan fingerprint density at radius 2 is 1.84 bits per heavy atom. The van der Waals surface area contributed by atoms with Gasteiger partial charge in [0.1, 0.15) is 17.6 Å². The number of carbonyl (C=O) groups is 1. The van der Waals surface area contributed by atoms with Gasteiger partial charge >= 0.3 is 0 Å². The highest BCUT2D eigenvalue weighted by molar-refractivity contribution is 9.10. The van der Waals surface area contributed by atoms with E-state index in [9.17, 15) is 9.59 Å². The van der Waals surface area contributed by atoms with Gasteiger partial charge in [-0.25, -0.2) is 10.1 Å². The summed E-state index contributed by atoms with van der Waals surface area (Å²) in [5, 5.41) is 8.73. The predicted octanol–water partition coefficient (Wildman–Crippen LogP) is 5.70. The lowest BCUT2D eigenvalue weighted by Gasteiger charge is -2.13. The van der Waals surface area contributed by atoms with Crippen LogP contribution in [0.4, 0.5) is 0 Å². The number of nitrogens with one attached hydrogen (secondary N) is 1. The van der Waals surface area contributed by atoms with Crippen molar-refractivity contribution in [3.63, 3.8) is 0 Å². The number of nitrogens with zero attached hydrogens (tertiary/aromatic N) is 3. The van der Waals surface area contributed by atoms with Crippen LogP contribution in [0.3, 0.4) is 0 Å². The molecule has 0 saturated heterocycles. The number of hydrogen-bond donors (Lipinski definition) is 1. The van der Waals surface area contributed by atoms with Crippen LogP contribution in [0.1, 0.15) is 5.56 Å². The smallest absolute Gasteiger partial charge is 0.277 e. The van der Waals surface area contributed by atoms with Gasteiger partial charge in [-0.15, -0.1) is 0 Å². The number of hydrogen-bond acceptors (Lipinski definition) is 6. The average Bonchev–Trinajstić information content (AvgIpc) is 3.40. The van der Waals surface area contributed by atoms with E-state index in [2.05, 4.69) is 47.5 Å². The number of carbonyl (C=O) groups excluding carboxylic acids is 1. The predicted molar refractivity (Wildman–Crippen MR) is 148 cm³/mol. The molecule has 0 unspecified atom stereocenters. The molecule has 8 nitrogen and oxygen atoms in total. The first-order valence-electron chi connectivity index (χ1n) is 11.0. The Morgan fingerprint density at radius 3 is 2.68 bits per heavy atom. The van der Waals surface area contributed by atoms with Gasteiger partial charge in [0.05, 0.1) is 34.7 Å². The van der Waals surface area contributed by atoms with E-state index in [1.165, 1.54) is 12.5 Å². The zero-order valence-corrected chi connectivity index (χ0v) is 22.3. The average molecular weight is 622 g/mol. The lowest BCUT2D eigenvalue weighted by atomic mass is 10.1. The van der Waals surface area contributed by atoms with Crippen LogP contribution < -0.4 is 15.6 Å². The molecule has 3 aromatic carbocycles. The van der Waals surface area contributed by atoms with E-state index in [4.69, 9.17) is 9.15 Å². The standard InChI is InChI=1S/C27H18Br2N4O4/c28-18-6-8-24(21(12-18)23-10-11-31-33(23)20-4-2-1-3-5-20)37-16-26(34)32-30-14-17-15-36-25-9-7-19(29)13-22(25)27(17)35/h1-15H,16H2,(H,32,34). The van der Waals surface area contributed by atoms with Gasteiger partial charge in [-0.05, 0) is 54.6 Å². The van der Waals surface area contributed by atoms with Crippen LogP contribution in [0.25, 0.3) is 27.9 Å². The van der Waals surface area contributed by atoms with Crippen molar-refractivity contribution in [3.05, 3.63) is 110 Å². The minimum absolute atomic E-state index is 0.205. The van der Waals surface area contributed by atoms with Gasteiger partial charge in [0.25, 0.3) is 5.91 Å². The van der Waals surface area contributed by atoms with Gasteiger partial charge in [0.15, 0.2) is 6.61 Å². The molecule has 0 saturated carbocycles. The topological polar surface area (TPSA) is 98.7 Å². The largest absolute Gasteiger partial charge is 0.483 e. The summed E-state index contributed by atoms with van der Waals surface area (Å²) in [6.45, 7) is -0.287. The van der Waals surface area contributed by atoms with Gasteiger partial charge in [0.2, 0.25) is 5.43 Å². The summed E-state index contributed by atoms with van der Waals surface area (Å²) >= 11 is 6.85. The van der Waals surface area contributed by atoms with E-state index in [-0.39, 0.29) is 17.6 Å². The first-order valence-corrected chi connectivity index (χ1v) is 12.6. The van der Waals surface area contributed by atoms with Gasteiger partial charge in [-0.3, -0.25) is 9.59 Å². The van der Waals surface area contributed by atoms with Crippen molar-refractivity contribution in [1.82, 2.24) is 15.2 Å². The maximum Gasteiger partial charge on any atom is 0.277 e. The van der Waals surface area contributed by atoms with E-state index >= 15 is 0 Å². The Morgan fingerprint density at radius 1 is 1.05 bits per heavy atom. The fraction of sp³-hybridized carbons (Fsp3) is 0.0370. The molecule has 0 spiro atoms. The van der Waals surface area contributed by atoms with Gasteiger partial charge < -0.3 is 9.15 Å². The number of halogens is 2. The van der Waals surface area contributed by atoms with Crippen LogP contribution in [0, 0.1) is 0 Å². The number of benzene rings is 3. The zero-order chi connectivity index (χ0) is 25.8. The summed E-state index contributed by atoms with van der Waals surface area (Å²) in [5.41, 5.74) is 5.24. The number of para-hydroxylation sites is 1. The summed E-state index contributed by atoms with van der Waals surface area (Å²) in [5.74, 6) is 0.00960. The third-order valence-electron chi connectivity index (χ3n) is 5.37. The van der Waals surface area contributed by atoms with E-state index in [0.717, 1.165) is 25.9 Å². The fourth-order valence-corrected chi connectivity index (χ4v) is 4.39. The second-order valence-electron chi connectivity index (χ2n) is 7.85. The summed E-state index contributed by atoms with van der Waals surface area (Å²) in [7, 11) is 0. The van der Waals surface area contributed by atoms with Crippen molar-refractivity contribution in [2.75, 3.05) is 6.61 Å². The van der Waals surface area contributed by atoms with Crippen LogP contribution in [-0.2, 0) is 4.79 Å². The SMILES string of the molecule is O=C(COc1ccc(Br)cc1-c1ccnn1-c1ccccc1)NN=Cc1coc2ccc(Br)cc2c1=O. The highest BCUT2D eigenvalue weighted by Crippen LogP contribution is 2.34. The molecule has 10 heteroatoms. The molecule has 0 aliphatic rings. The second kappa shape index (κ2) is 10.9. The molecule has 1 N–H and O–H groups in total. The van der Waals surface area contributed by atoms with Crippen molar-refractivity contribution < 1.29 is 13.9 Å². The highest BCUT2D eigenvalue weighted by Gasteiger charge is 2.15. The van der Waals surface area contributed by atoms with Crippen LogP contribution in [-0.4, -0.2) is 28.5 Å². The first kappa shape index (κ1) is 24.7. The molecule has 184 valence electrons. The molecule has 0 fully saturated rings. The Hall–Kier alpha value is -4.02. The van der Waals surface area contributed by atoms with Crippen molar-refractivity contribution >= 4 is 55.0 Å². The Kier molecular flexibility index (Phi) is 7.29. The van der Waals surface area contributed by atoms with Crippen LogP contribution in [0.5, 0.6) is 5.75 Å². The van der Waals surface area contributed by atoms with E-state index in [1.807, 2.05) is 48.5 Å². The highest BCUT2D eigenvalue weighted by atomic mass is 79.9. The van der Waals surface area contributed by atoms with E-state index in [0.29, 0.717) is 16.7 Å². The number of aromatic nitrogens is 2. The minimum atomic E-state index is -0.491. The second-order valence-corrected chi connectivity index (χ2v) is 9.68. The fourth-order valence-electron chi connectivity index (χ4n) is 3.67. The maximum atomic E-state index is 12.7. The minimum Gasteiger partial charge on any atom is -0.483 e. The molecule has 0 aliphatic heterocycles. The summed E-state index contributed by atoms with van der Waals surface area (Å²) in [4.78, 5) is 25.1. The summed E-state index contributed by atoms with van der Waals surface area (Å²) in [6, 6.07) is 22.2. The van der Waals surface area contributed by atoms with Crippen molar-refractivity contribution in [1.29, 1.82) is 0 Å². The summed E-state index contributed by atoms with van der Waals surface area (Å²) < 4.78 is 14.7. The number of hydrazone groups is 1. The third kappa shape index (κ3) is 5.55. The molecular formula is C27H18Br2N4O4. The molecule has 0 radical (unpaired) electrons. The van der Waals surface area contributed by atoms with Gasteiger partial charge in [-0.2, -0.15) is 10.2 Å². The Balaban J connectivity index is 1.30. The Labute approximate surface area is 227 Å². The van der Waals surface area contributed by atoms with Crippen molar-refractivity contribution in [2.24, 2.45) is 5.10 Å². The lowest BCUT2D eigenvalue weighted by molar-refractivity contribution is -0.123. The van der Waals surface area contributed by atoms with E-state index < -0.39 is 5.91 Å². The molecule has 37 heavy (non-hydrogen) atoms. The van der Waals surface area contributed by atoms with Crippen molar-refractivity contribution in [3.8, 4) is 22.7 Å². The molecule has 0 atom stereocenters. The molecule has 5 aromatic rings. The Bertz CT molecular complexity index is 1680. The molecule has 0 aliphatic carbocycles. The van der Waals surface area contributed by atoms with Crippen molar-refractivity contribution in [2.45, 2.75) is 0 Å². The van der Waals surface area contributed by atoms with Crippen LogP contribution in [0.2, 0.25) is 0 Å². The van der Waals surface area contributed by atoms with Crippen LogP contribution >= 0.6 is 31.9 Å². The molecule has 5 rings (SSSR count). The van der Waals surface area contributed by atoms with Crippen LogP contribution in [0.15, 0.2) is 109 Å². The lowest BCUT2D eigenvalue weighted by Crippen LogP contribution is -2.25. The molecular weight excluding hydrogens is 604 g/mol. The zero-order valence-electron chi connectivity index (χ0n) is 19.1. The number of rotatable bonds is 7. The molecule has 1 amide bonds. The van der Waals surface area contributed by atoms with Gasteiger partial charge in [-0.1, -0.05) is 50.1 Å². The van der Waals surface area contributed by atoms with E-state index in [1.54, 1.807) is 35.1 Å². The normalized spacial score (nSPS) is 11.2. The monoisotopic (exact) mass is 620 g/mol. The third-order valence-corrected chi connectivity index (χ3v) is 6.36. The van der Waals surface area contributed by atoms with Gasteiger partial charge in [0, 0.05) is 14.5 Å². The molecule has 2 aromatic heterocycles. The number of fused-ring (bicyclic) bond motifs is 1.